The SMILES string of the molecule is CN(CCc1cn[nH]c1)C(=O)[C@@H]1CC[C@H](N)CN(C2CCOCC2)C1. The van der Waals surface area contributed by atoms with Gasteiger partial charge in [0.2, 0.25) is 5.91 Å². The van der Waals surface area contributed by atoms with E-state index in [2.05, 4.69) is 15.1 Å². The van der Waals surface area contributed by atoms with Crippen LogP contribution in [0.1, 0.15) is 31.2 Å². The molecule has 0 radical (unpaired) electrons. The summed E-state index contributed by atoms with van der Waals surface area (Å²) in [6.45, 7) is 4.08. The van der Waals surface area contributed by atoms with Gasteiger partial charge in [0, 0.05) is 58.2 Å². The first-order valence-corrected chi connectivity index (χ1v) is 9.43. The number of amides is 1. The Morgan fingerprint density at radius 2 is 2.16 bits per heavy atom. The summed E-state index contributed by atoms with van der Waals surface area (Å²) in [5.74, 6) is 0.292. The van der Waals surface area contributed by atoms with Crippen LogP contribution in [0.25, 0.3) is 0 Å². The van der Waals surface area contributed by atoms with Crippen molar-refractivity contribution in [1.82, 2.24) is 20.0 Å². The van der Waals surface area contributed by atoms with Gasteiger partial charge in [-0.1, -0.05) is 0 Å². The summed E-state index contributed by atoms with van der Waals surface area (Å²) in [5.41, 5.74) is 7.42. The number of aromatic nitrogens is 2. The largest absolute Gasteiger partial charge is 0.381 e. The Morgan fingerprint density at radius 1 is 1.36 bits per heavy atom. The first-order valence-electron chi connectivity index (χ1n) is 9.43. The van der Waals surface area contributed by atoms with E-state index in [1.54, 1.807) is 0 Å². The van der Waals surface area contributed by atoms with Crippen LogP contribution in [-0.4, -0.2) is 77.9 Å². The van der Waals surface area contributed by atoms with Crippen LogP contribution in [0, 0.1) is 5.92 Å². The lowest BCUT2D eigenvalue weighted by atomic mass is 9.99. The average molecular weight is 349 g/mol. The third-order valence-electron chi connectivity index (χ3n) is 5.53. The number of nitrogens with two attached hydrogens (primary N) is 1. The second-order valence-corrected chi connectivity index (χ2v) is 7.45. The first kappa shape index (κ1) is 18.4. The molecule has 7 nitrogen and oxygen atoms in total. The van der Waals surface area contributed by atoms with Gasteiger partial charge in [-0.05, 0) is 37.7 Å². The van der Waals surface area contributed by atoms with Gasteiger partial charge >= 0.3 is 0 Å². The minimum Gasteiger partial charge on any atom is -0.381 e. The van der Waals surface area contributed by atoms with E-state index < -0.39 is 0 Å². The maximum Gasteiger partial charge on any atom is 0.226 e. The molecule has 0 aliphatic carbocycles. The number of aromatic amines is 1. The van der Waals surface area contributed by atoms with E-state index in [1.807, 2.05) is 24.3 Å². The number of carbonyl (C=O) groups is 1. The van der Waals surface area contributed by atoms with E-state index in [4.69, 9.17) is 10.5 Å². The third-order valence-corrected chi connectivity index (χ3v) is 5.53. The van der Waals surface area contributed by atoms with Gasteiger partial charge in [0.15, 0.2) is 0 Å². The molecule has 3 N–H and O–H groups in total. The molecule has 1 aromatic heterocycles. The van der Waals surface area contributed by atoms with Gasteiger partial charge in [-0.25, -0.2) is 0 Å². The standard InChI is InChI=1S/C18H31N5O2/c1-22(7-4-14-10-20-21-11-14)18(24)15-2-3-16(19)13-23(12-15)17-5-8-25-9-6-17/h10-11,15-17H,2-9,12-13,19H2,1H3,(H,20,21)/t15-,16+/m1/s1. The predicted octanol–water partition coefficient (Wildman–Crippen LogP) is 0.629. The summed E-state index contributed by atoms with van der Waals surface area (Å²) in [6.07, 6.45) is 8.43. The molecule has 2 atom stereocenters. The summed E-state index contributed by atoms with van der Waals surface area (Å²) in [4.78, 5) is 17.3. The fourth-order valence-corrected chi connectivity index (χ4v) is 3.94. The number of likely N-dealkylation sites (N-methyl/N-ethyl adjacent to an activating group) is 1. The second-order valence-electron chi connectivity index (χ2n) is 7.45. The Bertz CT molecular complexity index is 530. The molecule has 0 spiro atoms. The van der Waals surface area contributed by atoms with Gasteiger partial charge < -0.3 is 15.4 Å². The van der Waals surface area contributed by atoms with Gasteiger partial charge in [-0.15, -0.1) is 0 Å². The van der Waals surface area contributed by atoms with Crippen molar-refractivity contribution >= 4 is 5.91 Å². The van der Waals surface area contributed by atoms with E-state index in [-0.39, 0.29) is 17.9 Å². The average Bonchev–Trinajstić information content (AvgIpc) is 3.08. The van der Waals surface area contributed by atoms with Crippen molar-refractivity contribution in [3.05, 3.63) is 18.0 Å². The van der Waals surface area contributed by atoms with Gasteiger partial charge in [-0.3, -0.25) is 14.8 Å². The summed E-state index contributed by atoms with van der Waals surface area (Å²) in [6, 6.07) is 0.668. The molecule has 1 aromatic rings. The molecular weight excluding hydrogens is 318 g/mol. The van der Waals surface area contributed by atoms with E-state index in [1.165, 1.54) is 0 Å². The zero-order valence-electron chi connectivity index (χ0n) is 15.2. The number of hydrogen-bond donors (Lipinski definition) is 2. The van der Waals surface area contributed by atoms with Crippen LogP contribution in [0.2, 0.25) is 0 Å². The molecule has 3 rings (SSSR count). The number of carbonyl (C=O) groups excluding carboxylic acids is 1. The van der Waals surface area contributed by atoms with Crippen LogP contribution in [0.5, 0.6) is 0 Å². The zero-order valence-corrected chi connectivity index (χ0v) is 15.2. The van der Waals surface area contributed by atoms with Crippen molar-refractivity contribution < 1.29 is 9.53 Å². The number of ether oxygens (including phenoxy) is 1. The Hall–Kier alpha value is -1.44. The maximum atomic E-state index is 13.0. The van der Waals surface area contributed by atoms with Crippen LogP contribution >= 0.6 is 0 Å². The molecule has 2 aliphatic rings. The Kier molecular flexibility index (Phi) is 6.45. The number of nitrogens with one attached hydrogen (secondary N) is 1. The fraction of sp³-hybridized carbons (Fsp3) is 0.778. The second kappa shape index (κ2) is 8.78. The van der Waals surface area contributed by atoms with Gasteiger partial charge in [0.05, 0.1) is 12.1 Å². The van der Waals surface area contributed by atoms with E-state index in [0.717, 1.165) is 70.5 Å². The highest BCUT2D eigenvalue weighted by Crippen LogP contribution is 2.23. The molecule has 2 aliphatic heterocycles. The minimum absolute atomic E-state index is 0.0470. The van der Waals surface area contributed by atoms with Crippen molar-refractivity contribution in [3.8, 4) is 0 Å². The number of H-pyrrole nitrogens is 1. The molecule has 0 saturated carbocycles. The third kappa shape index (κ3) is 5.03. The maximum absolute atomic E-state index is 13.0. The predicted molar refractivity (Wildman–Crippen MR) is 96.0 cm³/mol. The lowest BCUT2D eigenvalue weighted by Crippen LogP contribution is -2.47. The highest BCUT2D eigenvalue weighted by Gasteiger charge is 2.32. The zero-order chi connectivity index (χ0) is 17.6. The van der Waals surface area contributed by atoms with Crippen molar-refractivity contribution in [2.75, 3.05) is 39.9 Å². The van der Waals surface area contributed by atoms with Gasteiger partial charge in [0.25, 0.3) is 0 Å². The number of nitrogens with zero attached hydrogens (tertiary/aromatic N) is 3. The van der Waals surface area contributed by atoms with Crippen LogP contribution in [0.15, 0.2) is 12.4 Å². The lowest BCUT2D eigenvalue weighted by Gasteiger charge is -2.36. The van der Waals surface area contributed by atoms with E-state index in [0.29, 0.717) is 6.04 Å². The Morgan fingerprint density at radius 3 is 2.88 bits per heavy atom. The molecule has 0 unspecified atom stereocenters. The van der Waals surface area contributed by atoms with Crippen molar-refractivity contribution in [1.29, 1.82) is 0 Å². The Balaban J connectivity index is 1.57. The lowest BCUT2D eigenvalue weighted by molar-refractivity contribution is -0.135. The van der Waals surface area contributed by atoms with Gasteiger partial charge in [-0.2, -0.15) is 5.10 Å². The fourth-order valence-electron chi connectivity index (χ4n) is 3.94. The van der Waals surface area contributed by atoms with Crippen LogP contribution in [0.3, 0.4) is 0 Å². The number of likely N-dealkylation sites (tertiary alicyclic amines) is 1. The number of hydrogen-bond acceptors (Lipinski definition) is 5. The molecule has 140 valence electrons. The molecule has 1 amide bonds. The molecule has 0 bridgehead atoms. The minimum atomic E-state index is 0.0470. The van der Waals surface area contributed by atoms with E-state index >= 15 is 0 Å². The monoisotopic (exact) mass is 349 g/mol. The van der Waals surface area contributed by atoms with Gasteiger partial charge in [0.1, 0.15) is 0 Å². The summed E-state index contributed by atoms with van der Waals surface area (Å²) < 4.78 is 5.49. The topological polar surface area (TPSA) is 87.5 Å². The molecule has 25 heavy (non-hydrogen) atoms. The quantitative estimate of drug-likeness (QED) is 0.814. The van der Waals surface area contributed by atoms with E-state index in [9.17, 15) is 4.79 Å². The molecule has 2 fully saturated rings. The first-order chi connectivity index (χ1) is 12.1. The van der Waals surface area contributed by atoms with Crippen LogP contribution < -0.4 is 5.73 Å². The molecule has 0 aromatic carbocycles. The van der Waals surface area contributed by atoms with Crippen molar-refractivity contribution in [3.63, 3.8) is 0 Å². The van der Waals surface area contributed by atoms with Crippen molar-refractivity contribution in [2.24, 2.45) is 11.7 Å². The normalized spacial score (nSPS) is 26.3. The molecule has 7 heteroatoms. The number of rotatable bonds is 5. The highest BCUT2D eigenvalue weighted by atomic mass is 16.5. The summed E-state index contributed by atoms with van der Waals surface area (Å²) >= 11 is 0. The van der Waals surface area contributed by atoms with Crippen molar-refractivity contribution in [2.45, 2.75) is 44.2 Å². The molecule has 3 heterocycles. The Labute approximate surface area is 149 Å². The summed E-state index contributed by atoms with van der Waals surface area (Å²) in [5, 5.41) is 6.78. The molecular formula is C18H31N5O2. The molecule has 2 saturated heterocycles. The smallest absolute Gasteiger partial charge is 0.226 e. The summed E-state index contributed by atoms with van der Waals surface area (Å²) in [7, 11) is 1.91. The highest BCUT2D eigenvalue weighted by molar-refractivity contribution is 5.78. The van der Waals surface area contributed by atoms with Crippen LogP contribution in [0.4, 0.5) is 0 Å². The van der Waals surface area contributed by atoms with Crippen LogP contribution in [-0.2, 0) is 16.0 Å².